The van der Waals surface area contributed by atoms with Gasteiger partial charge in [0, 0.05) is 22.0 Å². The minimum absolute atomic E-state index is 0. The molecule has 1 aliphatic carbocycles. The van der Waals surface area contributed by atoms with E-state index in [2.05, 4.69) is 27.7 Å². The van der Waals surface area contributed by atoms with Crippen molar-refractivity contribution in [3.63, 3.8) is 0 Å². The fourth-order valence-corrected chi connectivity index (χ4v) is 2.87. The molecule has 0 bridgehead atoms. The summed E-state index contributed by atoms with van der Waals surface area (Å²) < 4.78 is 6.54. The lowest BCUT2D eigenvalue weighted by Gasteiger charge is -2.22. The van der Waals surface area contributed by atoms with E-state index >= 15 is 0 Å². The molecule has 0 amide bonds. The molecule has 2 nitrogen and oxygen atoms in total. The number of halogens is 2. The standard InChI is InChI=1S/C11H14BrNO.ClH/c1-14-10-6-5-8(12)11-7(10)3-2-4-9(11)13;/h5-6,9H,2-4,13H2,1H3;1H. The monoisotopic (exact) mass is 291 g/mol. The van der Waals surface area contributed by atoms with Crippen molar-refractivity contribution in [2.45, 2.75) is 25.3 Å². The van der Waals surface area contributed by atoms with Gasteiger partial charge in [0.2, 0.25) is 0 Å². The molecule has 3 N–H and O–H groups in total. The SMILES string of the molecule is COc1ccc(Br)c2c1CCCC2[NH3+].[Cl-]. The summed E-state index contributed by atoms with van der Waals surface area (Å²) in [4.78, 5) is 0. The second-order valence-electron chi connectivity index (χ2n) is 3.73. The number of hydrogen-bond acceptors (Lipinski definition) is 1. The Morgan fingerprint density at radius 1 is 1.47 bits per heavy atom. The first kappa shape index (κ1) is 12.8. The molecule has 84 valence electrons. The second-order valence-corrected chi connectivity index (χ2v) is 4.59. The van der Waals surface area contributed by atoms with Gasteiger partial charge in [-0.3, -0.25) is 0 Å². The van der Waals surface area contributed by atoms with Crippen molar-refractivity contribution >= 4 is 15.9 Å². The Labute approximate surface area is 105 Å². The average molecular weight is 293 g/mol. The van der Waals surface area contributed by atoms with Crippen molar-refractivity contribution in [1.82, 2.24) is 0 Å². The van der Waals surface area contributed by atoms with E-state index in [1.54, 1.807) is 7.11 Å². The average Bonchev–Trinajstić information content (AvgIpc) is 2.18. The van der Waals surface area contributed by atoms with Gasteiger partial charge >= 0.3 is 0 Å². The first-order chi connectivity index (χ1) is 6.74. The maximum atomic E-state index is 5.37. The summed E-state index contributed by atoms with van der Waals surface area (Å²) >= 11 is 3.59. The molecule has 1 aromatic rings. The molecule has 2 rings (SSSR count). The summed E-state index contributed by atoms with van der Waals surface area (Å²) in [5.74, 6) is 1.01. The summed E-state index contributed by atoms with van der Waals surface area (Å²) in [6, 6.07) is 4.49. The summed E-state index contributed by atoms with van der Waals surface area (Å²) in [7, 11) is 1.73. The quantitative estimate of drug-likeness (QED) is 0.714. The van der Waals surface area contributed by atoms with E-state index in [4.69, 9.17) is 4.74 Å². The van der Waals surface area contributed by atoms with Crippen LogP contribution >= 0.6 is 15.9 Å². The molecular formula is C11H15BrClNO. The highest BCUT2D eigenvalue weighted by molar-refractivity contribution is 9.10. The molecular weight excluding hydrogens is 277 g/mol. The molecule has 0 saturated heterocycles. The predicted octanol–water partition coefficient (Wildman–Crippen LogP) is -0.919. The van der Waals surface area contributed by atoms with E-state index < -0.39 is 0 Å². The van der Waals surface area contributed by atoms with Crippen LogP contribution in [0.2, 0.25) is 0 Å². The number of hydrogen-bond donors (Lipinski definition) is 1. The van der Waals surface area contributed by atoms with Gasteiger partial charge < -0.3 is 22.9 Å². The van der Waals surface area contributed by atoms with Crippen LogP contribution in [0.25, 0.3) is 0 Å². The van der Waals surface area contributed by atoms with Crippen LogP contribution in [0.5, 0.6) is 5.75 Å². The normalized spacial score (nSPS) is 19.0. The van der Waals surface area contributed by atoms with Crippen molar-refractivity contribution in [2.24, 2.45) is 0 Å². The number of methoxy groups -OCH3 is 1. The minimum Gasteiger partial charge on any atom is -1.00 e. The van der Waals surface area contributed by atoms with Crippen LogP contribution in [0.15, 0.2) is 16.6 Å². The number of fused-ring (bicyclic) bond motifs is 1. The third-order valence-electron chi connectivity index (χ3n) is 2.87. The molecule has 0 aromatic heterocycles. The summed E-state index contributed by atoms with van der Waals surface area (Å²) in [6.45, 7) is 0. The van der Waals surface area contributed by atoms with Crippen LogP contribution < -0.4 is 22.9 Å². The third-order valence-corrected chi connectivity index (χ3v) is 3.56. The summed E-state index contributed by atoms with van der Waals surface area (Å²) in [5, 5.41) is 0. The first-order valence-corrected chi connectivity index (χ1v) is 5.71. The van der Waals surface area contributed by atoms with E-state index in [9.17, 15) is 0 Å². The topological polar surface area (TPSA) is 36.9 Å². The van der Waals surface area contributed by atoms with E-state index in [0.29, 0.717) is 6.04 Å². The highest BCUT2D eigenvalue weighted by Gasteiger charge is 2.24. The van der Waals surface area contributed by atoms with E-state index in [1.807, 2.05) is 6.07 Å². The molecule has 0 fully saturated rings. The van der Waals surface area contributed by atoms with Gasteiger partial charge in [0.05, 0.1) is 7.11 Å². The zero-order chi connectivity index (χ0) is 10.1. The fourth-order valence-electron chi connectivity index (χ4n) is 2.18. The van der Waals surface area contributed by atoms with Crippen molar-refractivity contribution < 1.29 is 22.9 Å². The smallest absolute Gasteiger partial charge is 0.122 e. The van der Waals surface area contributed by atoms with Gasteiger partial charge in [0.25, 0.3) is 0 Å². The Kier molecular flexibility index (Phi) is 4.44. The number of ether oxygens (including phenoxy) is 1. The van der Waals surface area contributed by atoms with Gasteiger partial charge in [-0.05, 0) is 25.0 Å². The van der Waals surface area contributed by atoms with Crippen molar-refractivity contribution in [3.8, 4) is 5.75 Å². The Morgan fingerprint density at radius 2 is 2.20 bits per heavy atom. The van der Waals surface area contributed by atoms with E-state index in [1.165, 1.54) is 28.4 Å². The van der Waals surface area contributed by atoms with Gasteiger partial charge in [-0.25, -0.2) is 0 Å². The van der Waals surface area contributed by atoms with Crippen molar-refractivity contribution in [2.75, 3.05) is 7.11 Å². The maximum absolute atomic E-state index is 5.37. The number of benzene rings is 1. The third kappa shape index (κ3) is 2.30. The van der Waals surface area contributed by atoms with Gasteiger partial charge in [0.15, 0.2) is 0 Å². The lowest BCUT2D eigenvalue weighted by atomic mass is 9.87. The van der Waals surface area contributed by atoms with Crippen molar-refractivity contribution in [3.05, 3.63) is 27.7 Å². The first-order valence-electron chi connectivity index (χ1n) is 4.92. The Bertz CT molecular complexity index is 357. The largest absolute Gasteiger partial charge is 1.00 e. The van der Waals surface area contributed by atoms with Crippen LogP contribution in [-0.4, -0.2) is 7.11 Å². The number of quaternary nitrogens is 1. The fraction of sp³-hybridized carbons (Fsp3) is 0.455. The molecule has 0 heterocycles. The van der Waals surface area contributed by atoms with Crippen LogP contribution in [0.1, 0.15) is 30.0 Å². The maximum Gasteiger partial charge on any atom is 0.122 e. The van der Waals surface area contributed by atoms with Crippen LogP contribution in [0.4, 0.5) is 0 Å². The molecule has 1 aromatic carbocycles. The zero-order valence-corrected chi connectivity index (χ0v) is 11.1. The van der Waals surface area contributed by atoms with Crippen LogP contribution in [-0.2, 0) is 6.42 Å². The molecule has 0 spiro atoms. The minimum atomic E-state index is 0. The highest BCUT2D eigenvalue weighted by atomic mass is 79.9. The molecule has 0 radical (unpaired) electrons. The van der Waals surface area contributed by atoms with Crippen LogP contribution in [0.3, 0.4) is 0 Å². The van der Waals surface area contributed by atoms with Crippen LogP contribution in [0, 0.1) is 0 Å². The molecule has 1 atom stereocenters. The Morgan fingerprint density at radius 3 is 2.87 bits per heavy atom. The molecule has 0 saturated carbocycles. The lowest BCUT2D eigenvalue weighted by molar-refractivity contribution is -0.429. The van der Waals surface area contributed by atoms with Gasteiger partial charge in [0.1, 0.15) is 11.8 Å². The zero-order valence-electron chi connectivity index (χ0n) is 8.72. The van der Waals surface area contributed by atoms with E-state index in [-0.39, 0.29) is 12.4 Å². The van der Waals surface area contributed by atoms with Gasteiger partial charge in [-0.15, -0.1) is 0 Å². The molecule has 1 unspecified atom stereocenters. The summed E-state index contributed by atoms with van der Waals surface area (Å²) in [6.07, 6.45) is 3.51. The molecule has 15 heavy (non-hydrogen) atoms. The lowest BCUT2D eigenvalue weighted by Crippen LogP contribution is -3.00. The highest BCUT2D eigenvalue weighted by Crippen LogP contribution is 2.37. The summed E-state index contributed by atoms with van der Waals surface area (Å²) in [5.41, 5.74) is 6.87. The number of rotatable bonds is 1. The van der Waals surface area contributed by atoms with Gasteiger partial charge in [-0.1, -0.05) is 15.9 Å². The van der Waals surface area contributed by atoms with Crippen molar-refractivity contribution in [1.29, 1.82) is 0 Å². The van der Waals surface area contributed by atoms with Gasteiger partial charge in [-0.2, -0.15) is 0 Å². The van der Waals surface area contributed by atoms with E-state index in [0.717, 1.165) is 12.2 Å². The predicted molar refractivity (Wildman–Crippen MR) is 59.3 cm³/mol. The Hall–Kier alpha value is -0.250. The molecule has 4 heteroatoms. The second kappa shape index (κ2) is 5.19. The molecule has 1 aliphatic rings. The Balaban J connectivity index is 0.00000112. The molecule has 0 aliphatic heterocycles.